The summed E-state index contributed by atoms with van der Waals surface area (Å²) >= 11 is 0. The Kier molecular flexibility index (Phi) is 6.23. The van der Waals surface area contributed by atoms with Crippen molar-refractivity contribution < 1.29 is 24.5 Å². The van der Waals surface area contributed by atoms with E-state index in [0.717, 1.165) is 0 Å². The van der Waals surface area contributed by atoms with Crippen molar-refractivity contribution in [2.75, 3.05) is 6.54 Å². The second kappa shape index (κ2) is 8.53. The van der Waals surface area contributed by atoms with Gasteiger partial charge in [0.25, 0.3) is 5.56 Å². The second-order valence-corrected chi connectivity index (χ2v) is 8.53. The average Bonchev–Trinajstić information content (AvgIpc) is 2.66. The van der Waals surface area contributed by atoms with Crippen molar-refractivity contribution in [3.63, 3.8) is 0 Å². The maximum atomic E-state index is 12.7. The lowest BCUT2D eigenvalue weighted by Gasteiger charge is -2.41. The number of aliphatic hydroxyl groups is 2. The molecule has 1 fully saturated rings. The Labute approximate surface area is 173 Å². The number of likely N-dealkylation sites (tertiary alicyclic amines) is 1. The van der Waals surface area contributed by atoms with E-state index in [1.54, 1.807) is 45.0 Å². The number of ether oxygens (including phenoxy) is 1. The maximum Gasteiger partial charge on any atom is 0.410 e. The first-order valence-electron chi connectivity index (χ1n) is 9.88. The van der Waals surface area contributed by atoms with Crippen LogP contribution in [-0.4, -0.2) is 66.9 Å². The third kappa shape index (κ3) is 4.85. The number of ketones is 1. The molecule has 9 heteroatoms. The molecule has 1 saturated heterocycles. The van der Waals surface area contributed by atoms with E-state index in [2.05, 4.69) is 4.98 Å². The lowest BCUT2D eigenvalue weighted by molar-refractivity contribution is -0.125. The minimum atomic E-state index is -1.29. The first-order valence-corrected chi connectivity index (χ1v) is 9.88. The highest BCUT2D eigenvalue weighted by Gasteiger charge is 2.41. The van der Waals surface area contributed by atoms with E-state index < -0.39 is 29.9 Å². The van der Waals surface area contributed by atoms with E-state index in [0.29, 0.717) is 10.9 Å². The van der Waals surface area contributed by atoms with Crippen LogP contribution in [0.1, 0.15) is 33.6 Å². The van der Waals surface area contributed by atoms with Crippen LogP contribution >= 0.6 is 0 Å². The van der Waals surface area contributed by atoms with Gasteiger partial charge < -0.3 is 19.8 Å². The van der Waals surface area contributed by atoms with E-state index >= 15 is 0 Å². The highest BCUT2D eigenvalue weighted by atomic mass is 16.6. The summed E-state index contributed by atoms with van der Waals surface area (Å²) in [5.41, 5.74) is -0.549. The van der Waals surface area contributed by atoms with Crippen molar-refractivity contribution in [1.29, 1.82) is 0 Å². The standard InChI is InChI=1S/C21H27N3O6/c1-21(2,3)30-20(29)24-9-8-17(26)18(27)16(24)10-13(25)11-23-12-22-15-7-5-4-6-14(15)19(23)28/h4-7,12,16-18,26-27H,8-11H2,1-3H3/t16-,17+,18-/m1/s1. The number of nitrogens with zero attached hydrogens (tertiary/aromatic N) is 3. The summed E-state index contributed by atoms with van der Waals surface area (Å²) in [6.07, 6.45) is -1.74. The molecule has 9 nitrogen and oxygen atoms in total. The van der Waals surface area contributed by atoms with Gasteiger partial charge in [0.2, 0.25) is 0 Å². The Hall–Kier alpha value is -2.78. The number of amides is 1. The van der Waals surface area contributed by atoms with E-state index in [9.17, 15) is 24.6 Å². The Morgan fingerprint density at radius 3 is 2.63 bits per heavy atom. The number of benzene rings is 1. The highest BCUT2D eigenvalue weighted by molar-refractivity contribution is 5.81. The van der Waals surface area contributed by atoms with Crippen LogP contribution in [0.4, 0.5) is 4.79 Å². The van der Waals surface area contributed by atoms with Gasteiger partial charge in [0.1, 0.15) is 11.7 Å². The van der Waals surface area contributed by atoms with Crippen molar-refractivity contribution in [1.82, 2.24) is 14.5 Å². The molecular formula is C21H27N3O6. The number of carbonyl (C=O) groups is 2. The second-order valence-electron chi connectivity index (χ2n) is 8.53. The quantitative estimate of drug-likeness (QED) is 0.763. The summed E-state index contributed by atoms with van der Waals surface area (Å²) in [6.45, 7) is 5.07. The van der Waals surface area contributed by atoms with Gasteiger partial charge in [-0.05, 0) is 39.3 Å². The van der Waals surface area contributed by atoms with Crippen molar-refractivity contribution in [3.8, 4) is 0 Å². The minimum Gasteiger partial charge on any atom is -0.444 e. The zero-order valence-electron chi connectivity index (χ0n) is 17.3. The zero-order valence-corrected chi connectivity index (χ0v) is 17.3. The van der Waals surface area contributed by atoms with Crippen LogP contribution in [0.5, 0.6) is 0 Å². The molecule has 1 aromatic carbocycles. The smallest absolute Gasteiger partial charge is 0.410 e. The molecule has 2 aromatic rings. The summed E-state index contributed by atoms with van der Waals surface area (Å²) in [5.74, 6) is -0.374. The van der Waals surface area contributed by atoms with Crippen LogP contribution in [0.2, 0.25) is 0 Å². The molecule has 0 unspecified atom stereocenters. The first-order chi connectivity index (χ1) is 14.1. The zero-order chi connectivity index (χ0) is 22.1. The van der Waals surface area contributed by atoms with Crippen LogP contribution in [0.15, 0.2) is 35.4 Å². The lowest BCUT2D eigenvalue weighted by atomic mass is 9.92. The fourth-order valence-corrected chi connectivity index (χ4v) is 3.53. The molecule has 162 valence electrons. The molecule has 0 aliphatic carbocycles. The number of aliphatic hydroxyl groups excluding tert-OH is 2. The van der Waals surface area contributed by atoms with Gasteiger partial charge in [-0.2, -0.15) is 0 Å². The maximum absolute atomic E-state index is 12.7. The largest absolute Gasteiger partial charge is 0.444 e. The van der Waals surface area contributed by atoms with Crippen molar-refractivity contribution >= 4 is 22.8 Å². The number of hydrogen-bond donors (Lipinski definition) is 2. The number of aromatic nitrogens is 2. The van der Waals surface area contributed by atoms with Crippen LogP contribution in [-0.2, 0) is 16.1 Å². The molecule has 1 aliphatic rings. The van der Waals surface area contributed by atoms with Crippen molar-refractivity contribution in [2.45, 2.75) is 64.0 Å². The molecule has 1 aromatic heterocycles. The Morgan fingerprint density at radius 2 is 1.93 bits per heavy atom. The number of para-hydroxylation sites is 1. The van der Waals surface area contributed by atoms with Gasteiger partial charge in [-0.15, -0.1) is 0 Å². The highest BCUT2D eigenvalue weighted by Crippen LogP contribution is 2.24. The number of fused-ring (bicyclic) bond motifs is 1. The van der Waals surface area contributed by atoms with Crippen molar-refractivity contribution in [2.24, 2.45) is 0 Å². The molecule has 0 spiro atoms. The molecule has 3 atom stereocenters. The normalized spacial score (nSPS) is 22.2. The van der Waals surface area contributed by atoms with Gasteiger partial charge in [-0.25, -0.2) is 9.78 Å². The molecule has 1 aliphatic heterocycles. The SMILES string of the molecule is CC(C)(C)OC(=O)N1CC[C@H](O)[C@H](O)[C@H]1CC(=O)Cn1cnc2ccccc2c1=O. The third-order valence-electron chi connectivity index (χ3n) is 5.00. The van der Waals surface area contributed by atoms with Gasteiger partial charge in [-0.1, -0.05) is 12.1 Å². The molecule has 2 N–H and O–H groups in total. The summed E-state index contributed by atoms with van der Waals surface area (Å²) in [7, 11) is 0. The first kappa shape index (κ1) is 21.9. The average molecular weight is 417 g/mol. The summed E-state index contributed by atoms with van der Waals surface area (Å²) in [5, 5.41) is 20.9. The van der Waals surface area contributed by atoms with Crippen LogP contribution < -0.4 is 5.56 Å². The van der Waals surface area contributed by atoms with Gasteiger partial charge in [0.05, 0.1) is 35.9 Å². The number of piperidine rings is 1. The fraction of sp³-hybridized carbons (Fsp3) is 0.524. The molecule has 2 heterocycles. The molecule has 3 rings (SSSR count). The molecule has 0 bridgehead atoms. The summed E-state index contributed by atoms with van der Waals surface area (Å²) < 4.78 is 6.58. The Morgan fingerprint density at radius 1 is 1.23 bits per heavy atom. The number of Topliss-reactive ketones (excluding diaryl/α,β-unsaturated/α-hetero) is 1. The Balaban J connectivity index is 1.77. The number of rotatable bonds is 4. The molecule has 1 amide bonds. The van der Waals surface area contributed by atoms with Gasteiger partial charge >= 0.3 is 6.09 Å². The van der Waals surface area contributed by atoms with Gasteiger partial charge in [0.15, 0.2) is 5.78 Å². The molecule has 0 radical (unpaired) electrons. The number of hydrogen-bond acceptors (Lipinski definition) is 7. The van der Waals surface area contributed by atoms with Gasteiger partial charge in [0, 0.05) is 13.0 Å². The predicted octanol–water partition coefficient (Wildman–Crippen LogP) is 1.09. The van der Waals surface area contributed by atoms with Crippen molar-refractivity contribution in [3.05, 3.63) is 40.9 Å². The molecular weight excluding hydrogens is 390 g/mol. The van der Waals surface area contributed by atoms with Crippen LogP contribution in [0.25, 0.3) is 10.9 Å². The van der Waals surface area contributed by atoms with E-state index in [1.807, 2.05) is 0 Å². The monoisotopic (exact) mass is 417 g/mol. The molecule has 30 heavy (non-hydrogen) atoms. The topological polar surface area (TPSA) is 122 Å². The molecule has 0 saturated carbocycles. The summed E-state index contributed by atoms with van der Waals surface area (Å²) in [4.78, 5) is 43.3. The van der Waals surface area contributed by atoms with E-state index in [1.165, 1.54) is 15.8 Å². The van der Waals surface area contributed by atoms with E-state index in [4.69, 9.17) is 4.74 Å². The summed E-state index contributed by atoms with van der Waals surface area (Å²) in [6, 6.07) is 5.89. The van der Waals surface area contributed by atoms with Crippen LogP contribution in [0.3, 0.4) is 0 Å². The predicted molar refractivity (Wildman–Crippen MR) is 109 cm³/mol. The number of carbonyl (C=O) groups excluding carboxylic acids is 2. The van der Waals surface area contributed by atoms with Gasteiger partial charge in [-0.3, -0.25) is 14.2 Å². The Bertz CT molecular complexity index is 996. The van der Waals surface area contributed by atoms with E-state index in [-0.39, 0.29) is 37.3 Å². The minimum absolute atomic E-state index is 0.155. The third-order valence-corrected chi connectivity index (χ3v) is 5.00. The van der Waals surface area contributed by atoms with Crippen LogP contribution in [0, 0.1) is 0 Å². The fourth-order valence-electron chi connectivity index (χ4n) is 3.53. The lowest BCUT2D eigenvalue weighted by Crippen LogP contribution is -2.58.